The lowest BCUT2D eigenvalue weighted by Crippen LogP contribution is -2.07. The number of allylic oxidation sites excluding steroid dienone is 3. The summed E-state index contributed by atoms with van der Waals surface area (Å²) >= 11 is 0. The molecule has 2 nitrogen and oxygen atoms in total. The van der Waals surface area contributed by atoms with Gasteiger partial charge in [0.15, 0.2) is 5.76 Å². The van der Waals surface area contributed by atoms with Gasteiger partial charge in [0.25, 0.3) is 0 Å². The van der Waals surface area contributed by atoms with E-state index in [9.17, 15) is 9.90 Å². The molecule has 0 spiro atoms. The highest BCUT2D eigenvalue weighted by Crippen LogP contribution is 2.42. The first-order valence-electron chi connectivity index (χ1n) is 8.27. The fourth-order valence-electron chi connectivity index (χ4n) is 3.24. The van der Waals surface area contributed by atoms with Gasteiger partial charge >= 0.3 is 0 Å². The van der Waals surface area contributed by atoms with Crippen molar-refractivity contribution in [3.05, 3.63) is 58.4 Å². The Labute approximate surface area is 133 Å². The maximum absolute atomic E-state index is 12.5. The van der Waals surface area contributed by atoms with Crippen LogP contribution in [0.1, 0.15) is 64.4 Å². The van der Waals surface area contributed by atoms with Gasteiger partial charge in [-0.2, -0.15) is 0 Å². The molecule has 1 unspecified atom stereocenters. The minimum absolute atomic E-state index is 0.0586. The predicted octanol–water partition coefficient (Wildman–Crippen LogP) is 5.47. The third-order valence-electron chi connectivity index (χ3n) is 4.55. The van der Waals surface area contributed by atoms with Crippen molar-refractivity contribution < 1.29 is 9.90 Å². The van der Waals surface area contributed by atoms with Gasteiger partial charge in [-0.25, -0.2) is 0 Å². The third kappa shape index (κ3) is 3.32. The normalized spacial score (nSPS) is 20.7. The minimum Gasteiger partial charge on any atom is -0.504 e. The van der Waals surface area contributed by atoms with E-state index in [1.807, 2.05) is 44.2 Å². The Morgan fingerprint density at radius 3 is 2.45 bits per heavy atom. The molecule has 22 heavy (non-hydrogen) atoms. The van der Waals surface area contributed by atoms with Crippen LogP contribution in [-0.2, 0) is 4.79 Å². The quantitative estimate of drug-likeness (QED) is 0.558. The molecule has 1 aliphatic rings. The lowest BCUT2D eigenvalue weighted by Gasteiger charge is -2.16. The lowest BCUT2D eigenvalue weighted by molar-refractivity contribution is -0.114. The highest BCUT2D eigenvalue weighted by atomic mass is 16.3. The van der Waals surface area contributed by atoms with E-state index in [1.54, 1.807) is 0 Å². The number of Topliss-reactive ketones (excluding diaryl/α,β-unsaturated/α-hetero) is 1. The molecule has 0 saturated heterocycles. The smallest absolute Gasteiger partial charge is 0.224 e. The first-order valence-corrected chi connectivity index (χ1v) is 8.27. The van der Waals surface area contributed by atoms with E-state index >= 15 is 0 Å². The van der Waals surface area contributed by atoms with Gasteiger partial charge < -0.3 is 5.11 Å². The van der Waals surface area contributed by atoms with Gasteiger partial charge in [-0.15, -0.1) is 0 Å². The zero-order valence-electron chi connectivity index (χ0n) is 13.9. The molecule has 0 amide bonds. The molecular weight excluding hydrogens is 272 g/mol. The van der Waals surface area contributed by atoms with E-state index in [0.29, 0.717) is 0 Å². The maximum Gasteiger partial charge on any atom is 0.224 e. The molecule has 1 aliphatic carbocycles. The van der Waals surface area contributed by atoms with Gasteiger partial charge in [0, 0.05) is 11.5 Å². The van der Waals surface area contributed by atoms with E-state index in [-0.39, 0.29) is 17.5 Å². The van der Waals surface area contributed by atoms with Gasteiger partial charge in [-0.3, -0.25) is 4.79 Å². The van der Waals surface area contributed by atoms with E-state index in [1.165, 1.54) is 19.3 Å². The second kappa shape index (κ2) is 7.44. The minimum atomic E-state index is -0.181. The Kier molecular flexibility index (Phi) is 5.59. The van der Waals surface area contributed by atoms with Crippen molar-refractivity contribution >= 4 is 5.78 Å². The van der Waals surface area contributed by atoms with Gasteiger partial charge in [0.1, 0.15) is 0 Å². The predicted molar refractivity (Wildman–Crippen MR) is 91.0 cm³/mol. The van der Waals surface area contributed by atoms with E-state index < -0.39 is 0 Å². The van der Waals surface area contributed by atoms with E-state index in [2.05, 4.69) is 6.92 Å². The van der Waals surface area contributed by atoms with Gasteiger partial charge in [0.2, 0.25) is 5.78 Å². The standard InChI is InChI=1S/C20H26O2/c1-4-5-6-8-11-14(2)17-18(15(3)19(21)20(17)22)16-12-9-7-10-13-16/h7,9-10,12-13,18,21H,4-6,8,11H2,1-3H3/b17-14-. The molecule has 0 saturated carbocycles. The molecule has 0 bridgehead atoms. The number of aliphatic hydroxyl groups excluding tert-OH is 1. The average molecular weight is 298 g/mol. The van der Waals surface area contributed by atoms with Crippen LogP contribution in [0.5, 0.6) is 0 Å². The SMILES string of the molecule is CCCCCC/C(C)=C1\C(=O)C(O)=C(C)C1c1ccccc1. The highest BCUT2D eigenvalue weighted by molar-refractivity contribution is 6.12. The molecule has 2 heteroatoms. The van der Waals surface area contributed by atoms with Crippen LogP contribution in [0.3, 0.4) is 0 Å². The molecule has 0 aromatic heterocycles. The Balaban J connectivity index is 2.30. The summed E-state index contributed by atoms with van der Waals surface area (Å²) in [6.07, 6.45) is 5.69. The first kappa shape index (κ1) is 16.5. The summed E-state index contributed by atoms with van der Waals surface area (Å²) in [6.45, 7) is 6.10. The third-order valence-corrected chi connectivity index (χ3v) is 4.55. The van der Waals surface area contributed by atoms with Gasteiger partial charge in [-0.05, 0) is 37.8 Å². The average Bonchev–Trinajstić information content (AvgIpc) is 2.76. The fraction of sp³-hybridized carbons (Fsp3) is 0.450. The Bertz CT molecular complexity index is 593. The van der Waals surface area contributed by atoms with Crippen LogP contribution in [0.2, 0.25) is 0 Å². The largest absolute Gasteiger partial charge is 0.504 e. The number of aliphatic hydroxyl groups is 1. The van der Waals surface area contributed by atoms with Crippen LogP contribution in [0.25, 0.3) is 0 Å². The van der Waals surface area contributed by atoms with Crippen molar-refractivity contribution in [2.45, 2.75) is 58.8 Å². The zero-order chi connectivity index (χ0) is 16.1. The Morgan fingerprint density at radius 2 is 1.82 bits per heavy atom. The first-order chi connectivity index (χ1) is 10.6. The summed E-state index contributed by atoms with van der Waals surface area (Å²) in [5.41, 5.74) is 3.77. The van der Waals surface area contributed by atoms with Crippen molar-refractivity contribution in [3.8, 4) is 0 Å². The van der Waals surface area contributed by atoms with E-state index in [4.69, 9.17) is 0 Å². The van der Waals surface area contributed by atoms with Crippen molar-refractivity contribution in [2.24, 2.45) is 0 Å². The molecule has 118 valence electrons. The van der Waals surface area contributed by atoms with E-state index in [0.717, 1.165) is 35.1 Å². The van der Waals surface area contributed by atoms with Crippen molar-refractivity contribution in [3.63, 3.8) is 0 Å². The maximum atomic E-state index is 12.5. The van der Waals surface area contributed by atoms with Crippen LogP contribution in [0.4, 0.5) is 0 Å². The molecule has 1 N–H and O–H groups in total. The summed E-state index contributed by atoms with van der Waals surface area (Å²) in [5.74, 6) is -0.323. The Hall–Kier alpha value is -1.83. The van der Waals surface area contributed by atoms with Crippen LogP contribution in [0, 0.1) is 0 Å². The number of carbonyl (C=O) groups is 1. The number of carbonyl (C=O) groups excluding carboxylic acids is 1. The fourth-order valence-corrected chi connectivity index (χ4v) is 3.24. The molecule has 0 heterocycles. The number of ketones is 1. The number of hydrogen-bond acceptors (Lipinski definition) is 2. The Morgan fingerprint density at radius 1 is 1.14 bits per heavy atom. The highest BCUT2D eigenvalue weighted by Gasteiger charge is 2.36. The summed E-state index contributed by atoms with van der Waals surface area (Å²) in [6, 6.07) is 10.0. The second-order valence-electron chi connectivity index (χ2n) is 6.21. The van der Waals surface area contributed by atoms with Crippen LogP contribution >= 0.6 is 0 Å². The molecule has 0 fully saturated rings. The number of rotatable bonds is 6. The van der Waals surface area contributed by atoms with Crippen molar-refractivity contribution in [1.82, 2.24) is 0 Å². The van der Waals surface area contributed by atoms with Crippen molar-refractivity contribution in [1.29, 1.82) is 0 Å². The lowest BCUT2D eigenvalue weighted by atomic mass is 9.86. The summed E-state index contributed by atoms with van der Waals surface area (Å²) in [7, 11) is 0. The molecule has 1 aromatic rings. The van der Waals surface area contributed by atoms with Gasteiger partial charge in [-0.1, -0.05) is 62.1 Å². The topological polar surface area (TPSA) is 37.3 Å². The van der Waals surface area contributed by atoms with Crippen LogP contribution < -0.4 is 0 Å². The monoisotopic (exact) mass is 298 g/mol. The molecule has 0 aliphatic heterocycles. The van der Waals surface area contributed by atoms with Crippen LogP contribution in [-0.4, -0.2) is 10.9 Å². The second-order valence-corrected chi connectivity index (χ2v) is 6.21. The number of hydrogen-bond donors (Lipinski definition) is 1. The molecular formula is C20H26O2. The molecule has 1 atom stereocenters. The number of benzene rings is 1. The molecule has 1 aromatic carbocycles. The van der Waals surface area contributed by atoms with Crippen molar-refractivity contribution in [2.75, 3.05) is 0 Å². The summed E-state index contributed by atoms with van der Waals surface area (Å²) in [5, 5.41) is 10.1. The summed E-state index contributed by atoms with van der Waals surface area (Å²) < 4.78 is 0. The zero-order valence-corrected chi connectivity index (χ0v) is 13.9. The molecule has 0 radical (unpaired) electrons. The van der Waals surface area contributed by atoms with Gasteiger partial charge in [0.05, 0.1) is 0 Å². The van der Waals surface area contributed by atoms with Crippen LogP contribution in [0.15, 0.2) is 52.8 Å². The number of unbranched alkanes of at least 4 members (excludes halogenated alkanes) is 3. The summed E-state index contributed by atoms with van der Waals surface area (Å²) in [4.78, 5) is 12.5. The molecule has 2 rings (SSSR count).